The Hall–Kier alpha value is -4.40. The van der Waals surface area contributed by atoms with Crippen LogP contribution in [0.25, 0.3) is 0 Å². The van der Waals surface area contributed by atoms with Crippen molar-refractivity contribution in [1.29, 1.82) is 0 Å². The molecule has 4 rings (SSSR count). The number of rotatable bonds is 8. The second kappa shape index (κ2) is 10.5. The molecule has 0 aliphatic carbocycles. The number of fused-ring (bicyclic) bond motifs is 1. The summed E-state index contributed by atoms with van der Waals surface area (Å²) in [7, 11) is 7.71. The second-order valence-corrected chi connectivity index (χ2v) is 8.04. The summed E-state index contributed by atoms with van der Waals surface area (Å²) in [4.78, 5) is 26.6. The Kier molecular flexibility index (Phi) is 7.19. The van der Waals surface area contributed by atoms with E-state index in [1.165, 1.54) is 19.2 Å². The molecule has 0 bridgehead atoms. The number of ether oxygens (including phenoxy) is 5. The molecule has 0 spiro atoms. The summed E-state index contributed by atoms with van der Waals surface area (Å²) in [5.74, 6) is 1.87. The molecule has 1 N–H and O–H groups in total. The third-order valence-electron chi connectivity index (χ3n) is 6.09. The number of amides is 2. The Labute approximate surface area is 209 Å². The van der Waals surface area contributed by atoms with Gasteiger partial charge in [-0.05, 0) is 59.2 Å². The van der Waals surface area contributed by atoms with Crippen LogP contribution < -0.4 is 29.1 Å². The van der Waals surface area contributed by atoms with E-state index in [9.17, 15) is 9.59 Å². The van der Waals surface area contributed by atoms with E-state index in [1.54, 1.807) is 63.8 Å². The smallest absolute Gasteiger partial charge is 0.270 e. The van der Waals surface area contributed by atoms with Gasteiger partial charge in [-0.2, -0.15) is 0 Å². The number of benzene rings is 3. The van der Waals surface area contributed by atoms with Crippen LogP contribution in [0.4, 0.5) is 0 Å². The van der Waals surface area contributed by atoms with Crippen LogP contribution in [0.15, 0.2) is 54.6 Å². The molecule has 9 nitrogen and oxygen atoms in total. The number of carbonyl (C=O) groups excluding carboxylic acids is 2. The number of hydrogen-bond acceptors (Lipinski definition) is 7. The van der Waals surface area contributed by atoms with Gasteiger partial charge in [-0.25, -0.2) is 5.01 Å². The number of hydrogen-bond donors (Lipinski definition) is 1. The summed E-state index contributed by atoms with van der Waals surface area (Å²) in [6.07, 6.45) is 0.0673. The first-order valence-electron chi connectivity index (χ1n) is 11.2. The van der Waals surface area contributed by atoms with Crippen molar-refractivity contribution in [1.82, 2.24) is 10.4 Å². The van der Waals surface area contributed by atoms with E-state index in [0.29, 0.717) is 39.9 Å². The van der Waals surface area contributed by atoms with E-state index in [2.05, 4.69) is 5.43 Å². The summed E-state index contributed by atoms with van der Waals surface area (Å²) < 4.78 is 27.1. The lowest BCUT2D eigenvalue weighted by atomic mass is 9.88. The van der Waals surface area contributed by atoms with Gasteiger partial charge in [0.05, 0.1) is 42.0 Å². The normalized spacial score (nSPS) is 14.5. The Bertz CT molecular complexity index is 1290. The zero-order valence-corrected chi connectivity index (χ0v) is 20.8. The van der Waals surface area contributed by atoms with Crippen LogP contribution >= 0.6 is 0 Å². The summed E-state index contributed by atoms with van der Waals surface area (Å²) in [5, 5.41) is 1.34. The number of carbonyl (C=O) groups is 2. The van der Waals surface area contributed by atoms with Crippen molar-refractivity contribution in [2.45, 2.75) is 12.5 Å². The Morgan fingerprint density at radius 3 is 2.14 bits per heavy atom. The van der Waals surface area contributed by atoms with Crippen LogP contribution in [-0.2, 0) is 11.2 Å². The average Bonchev–Trinajstić information content (AvgIpc) is 2.92. The van der Waals surface area contributed by atoms with Crippen molar-refractivity contribution in [2.24, 2.45) is 0 Å². The number of hydrazine groups is 1. The van der Waals surface area contributed by atoms with Crippen molar-refractivity contribution in [3.05, 3.63) is 76.9 Å². The first kappa shape index (κ1) is 24.7. The molecule has 1 atom stereocenters. The minimum Gasteiger partial charge on any atom is -0.497 e. The number of nitrogens with one attached hydrogen (secondary N) is 1. The molecule has 3 aromatic carbocycles. The van der Waals surface area contributed by atoms with Gasteiger partial charge in [-0.15, -0.1) is 0 Å². The molecule has 36 heavy (non-hydrogen) atoms. The maximum Gasteiger partial charge on any atom is 0.270 e. The molecule has 0 unspecified atom stereocenters. The predicted molar refractivity (Wildman–Crippen MR) is 132 cm³/mol. The number of nitrogens with zero attached hydrogens (tertiary/aromatic N) is 1. The predicted octanol–water partition coefficient (Wildman–Crippen LogP) is 3.55. The van der Waals surface area contributed by atoms with Crippen molar-refractivity contribution in [3.8, 4) is 28.7 Å². The minimum absolute atomic E-state index is 0.0673. The van der Waals surface area contributed by atoms with Crippen molar-refractivity contribution in [2.75, 3.05) is 35.5 Å². The monoisotopic (exact) mass is 492 g/mol. The molecule has 3 aromatic rings. The van der Waals surface area contributed by atoms with Gasteiger partial charge < -0.3 is 23.7 Å². The summed E-state index contributed by atoms with van der Waals surface area (Å²) in [6, 6.07) is 15.0. The van der Waals surface area contributed by atoms with Gasteiger partial charge in [-0.3, -0.25) is 15.0 Å². The summed E-state index contributed by atoms with van der Waals surface area (Å²) in [5.41, 5.74) is 5.42. The molecule has 2 amide bonds. The molecule has 1 aliphatic heterocycles. The van der Waals surface area contributed by atoms with E-state index >= 15 is 0 Å². The third-order valence-corrected chi connectivity index (χ3v) is 6.09. The fourth-order valence-corrected chi connectivity index (χ4v) is 4.29. The van der Waals surface area contributed by atoms with Gasteiger partial charge >= 0.3 is 0 Å². The van der Waals surface area contributed by atoms with Crippen LogP contribution in [-0.4, -0.2) is 52.4 Å². The Balaban J connectivity index is 1.83. The molecule has 1 heterocycles. The van der Waals surface area contributed by atoms with Crippen molar-refractivity contribution in [3.63, 3.8) is 0 Å². The van der Waals surface area contributed by atoms with E-state index in [4.69, 9.17) is 23.7 Å². The molecule has 0 radical (unpaired) electrons. The van der Waals surface area contributed by atoms with Gasteiger partial charge in [0.25, 0.3) is 5.91 Å². The molecule has 0 saturated heterocycles. The molecule has 0 fully saturated rings. The van der Waals surface area contributed by atoms with E-state index in [0.717, 1.165) is 11.1 Å². The standard InChI is InChI=1S/C27H28N2O7/c1-32-19-8-6-7-17(11-19)27(31)28-29-25(30)14-18-13-23(35-4)24(36-5)15-20(18)26(29)16-9-10-21(33-2)22(12-16)34-3/h6-13,15,26H,14H2,1-5H3,(H,28,31)/t26-/m1/s1. The maximum atomic E-state index is 13.4. The highest BCUT2D eigenvalue weighted by molar-refractivity contribution is 5.96. The molecule has 9 heteroatoms. The molecule has 1 aliphatic rings. The summed E-state index contributed by atoms with van der Waals surface area (Å²) >= 11 is 0. The zero-order chi connectivity index (χ0) is 25.8. The van der Waals surface area contributed by atoms with Gasteiger partial charge in [0.15, 0.2) is 23.0 Å². The SMILES string of the molecule is COc1cccc(C(=O)NN2C(=O)Cc3cc(OC)c(OC)cc3[C@H]2c2ccc(OC)c(OC)c2)c1. The van der Waals surface area contributed by atoms with Crippen LogP contribution in [0, 0.1) is 0 Å². The largest absolute Gasteiger partial charge is 0.497 e. The molecular formula is C27H28N2O7. The average molecular weight is 493 g/mol. The van der Waals surface area contributed by atoms with Gasteiger partial charge in [0, 0.05) is 5.56 Å². The van der Waals surface area contributed by atoms with Crippen molar-refractivity contribution < 1.29 is 33.3 Å². The van der Waals surface area contributed by atoms with E-state index in [-0.39, 0.29) is 12.3 Å². The lowest BCUT2D eigenvalue weighted by Crippen LogP contribution is -2.51. The first-order valence-corrected chi connectivity index (χ1v) is 11.2. The second-order valence-electron chi connectivity index (χ2n) is 8.04. The zero-order valence-electron chi connectivity index (χ0n) is 20.8. The van der Waals surface area contributed by atoms with Crippen LogP contribution in [0.2, 0.25) is 0 Å². The topological polar surface area (TPSA) is 95.6 Å². The third kappa shape index (κ3) is 4.59. The number of methoxy groups -OCH3 is 5. The lowest BCUT2D eigenvalue weighted by molar-refractivity contribution is -0.136. The first-order chi connectivity index (χ1) is 17.4. The minimum atomic E-state index is -0.671. The van der Waals surface area contributed by atoms with Crippen LogP contribution in [0.3, 0.4) is 0 Å². The van der Waals surface area contributed by atoms with Gasteiger partial charge in [0.1, 0.15) is 11.8 Å². The quantitative estimate of drug-likeness (QED) is 0.514. The lowest BCUT2D eigenvalue weighted by Gasteiger charge is -2.37. The van der Waals surface area contributed by atoms with Gasteiger partial charge in [-0.1, -0.05) is 12.1 Å². The molecular weight excluding hydrogens is 464 g/mol. The fourth-order valence-electron chi connectivity index (χ4n) is 4.29. The highest BCUT2D eigenvalue weighted by atomic mass is 16.5. The molecule has 188 valence electrons. The summed E-state index contributed by atoms with van der Waals surface area (Å²) in [6.45, 7) is 0. The van der Waals surface area contributed by atoms with Crippen LogP contribution in [0.1, 0.15) is 33.1 Å². The van der Waals surface area contributed by atoms with E-state index < -0.39 is 11.9 Å². The van der Waals surface area contributed by atoms with E-state index in [1.807, 2.05) is 12.1 Å². The van der Waals surface area contributed by atoms with Crippen molar-refractivity contribution >= 4 is 11.8 Å². The molecule has 0 saturated carbocycles. The van der Waals surface area contributed by atoms with Gasteiger partial charge in [0.2, 0.25) is 5.91 Å². The maximum absolute atomic E-state index is 13.4. The van der Waals surface area contributed by atoms with Crippen LogP contribution in [0.5, 0.6) is 28.7 Å². The Morgan fingerprint density at radius 1 is 0.806 bits per heavy atom. The highest BCUT2D eigenvalue weighted by Gasteiger charge is 2.37. The molecule has 0 aromatic heterocycles. The highest BCUT2D eigenvalue weighted by Crippen LogP contribution is 2.42. The fraction of sp³-hybridized carbons (Fsp3) is 0.259. The Morgan fingerprint density at radius 2 is 1.47 bits per heavy atom.